The van der Waals surface area contributed by atoms with Gasteiger partial charge in [-0.3, -0.25) is 0 Å². The Balaban J connectivity index is 2.21. The summed E-state index contributed by atoms with van der Waals surface area (Å²) >= 11 is -0.197. The zero-order valence-electron chi connectivity index (χ0n) is 8.09. The number of ether oxygens (including phenoxy) is 1. The molecule has 5 heteroatoms. The molecule has 84 valence electrons. The molecule has 0 radical (unpaired) electrons. The Labute approximate surface area is 102 Å². The summed E-state index contributed by atoms with van der Waals surface area (Å²) in [6.45, 7) is 0. The van der Waals surface area contributed by atoms with E-state index in [1.54, 1.807) is 12.1 Å². The number of aromatic carboxylic acids is 1. The number of carboxylic acid groups (broad SMARTS) is 1. The molecule has 0 spiro atoms. The van der Waals surface area contributed by atoms with Crippen LogP contribution in [0.3, 0.4) is 0 Å². The van der Waals surface area contributed by atoms with Crippen molar-refractivity contribution in [3.05, 3.63) is 45.6 Å². The van der Waals surface area contributed by atoms with E-state index in [0.717, 1.165) is 0 Å². The first-order valence-electron chi connectivity index (χ1n) is 4.50. The third-order valence-electron chi connectivity index (χ3n) is 2.02. The van der Waals surface area contributed by atoms with Gasteiger partial charge in [0.15, 0.2) is 0 Å². The predicted octanol–water partition coefficient (Wildman–Crippen LogP) is -1.52. The standard InChI is InChI=1S/C11H8IO4/c13-10(14)7-3-1-2-4-8(7)11(15)16-9-5-6-12-9/h1-6,9H,(H,13,14)/q-1. The molecular formula is C11H8IO4-. The molecule has 16 heavy (non-hydrogen) atoms. The van der Waals surface area contributed by atoms with Crippen molar-refractivity contribution in [2.24, 2.45) is 0 Å². The minimum absolute atomic E-state index is 0.0194. The Morgan fingerprint density at radius 3 is 2.38 bits per heavy atom. The van der Waals surface area contributed by atoms with Gasteiger partial charge in [-0.15, -0.1) is 0 Å². The van der Waals surface area contributed by atoms with Gasteiger partial charge in [-0.25, -0.2) is 0 Å². The molecule has 0 bridgehead atoms. The summed E-state index contributed by atoms with van der Waals surface area (Å²) < 4.78 is 7.02. The molecule has 1 aliphatic rings. The van der Waals surface area contributed by atoms with Crippen molar-refractivity contribution < 1.29 is 40.6 Å². The molecule has 1 unspecified atom stereocenters. The van der Waals surface area contributed by atoms with Crippen LogP contribution in [0.4, 0.5) is 0 Å². The number of carbonyl (C=O) groups is 2. The molecule has 1 N–H and O–H groups in total. The van der Waals surface area contributed by atoms with Crippen LogP contribution >= 0.6 is 0 Å². The molecule has 1 aromatic carbocycles. The quantitative estimate of drug-likeness (QED) is 0.415. The van der Waals surface area contributed by atoms with Crippen molar-refractivity contribution in [2.45, 2.75) is 4.11 Å². The third-order valence-corrected chi connectivity index (χ3v) is 4.23. The molecular weight excluding hydrogens is 323 g/mol. The van der Waals surface area contributed by atoms with E-state index in [4.69, 9.17) is 9.84 Å². The Bertz CT molecular complexity index is 467. The van der Waals surface area contributed by atoms with Gasteiger partial charge in [0.05, 0.1) is 0 Å². The molecule has 0 aliphatic carbocycles. The number of benzene rings is 1. The summed E-state index contributed by atoms with van der Waals surface area (Å²) in [4.78, 5) is 22.6. The van der Waals surface area contributed by atoms with E-state index in [1.165, 1.54) is 12.1 Å². The number of hydrogen-bond acceptors (Lipinski definition) is 3. The molecule has 0 fully saturated rings. The summed E-state index contributed by atoms with van der Waals surface area (Å²) in [5.74, 6) is -1.68. The van der Waals surface area contributed by atoms with Crippen LogP contribution in [0.1, 0.15) is 20.7 Å². The SMILES string of the molecule is O=C(O)c1ccccc1C(=O)OC1C=C[I-]1. The first-order valence-corrected chi connectivity index (χ1v) is 6.99. The average Bonchev–Trinajstić information content (AvgIpc) is 2.23. The van der Waals surface area contributed by atoms with Crippen molar-refractivity contribution in [3.63, 3.8) is 0 Å². The summed E-state index contributed by atoms with van der Waals surface area (Å²) in [7, 11) is 0. The zero-order chi connectivity index (χ0) is 11.5. The number of hydrogen-bond donors (Lipinski definition) is 1. The number of alkyl halides is 1. The van der Waals surface area contributed by atoms with Crippen LogP contribution in [0, 0.1) is 0 Å². The van der Waals surface area contributed by atoms with Gasteiger partial charge < -0.3 is 0 Å². The van der Waals surface area contributed by atoms with Crippen molar-refractivity contribution in [3.8, 4) is 0 Å². The first-order chi connectivity index (χ1) is 7.68. The third kappa shape index (κ3) is 2.24. The van der Waals surface area contributed by atoms with Crippen molar-refractivity contribution in [2.75, 3.05) is 0 Å². The number of carbonyl (C=O) groups excluding carboxylic acids is 1. The van der Waals surface area contributed by atoms with E-state index < -0.39 is 11.9 Å². The van der Waals surface area contributed by atoms with Gasteiger partial charge in [0.1, 0.15) is 0 Å². The van der Waals surface area contributed by atoms with Crippen molar-refractivity contribution in [1.29, 1.82) is 0 Å². The molecule has 0 saturated carbocycles. The zero-order valence-corrected chi connectivity index (χ0v) is 10.2. The minimum atomic E-state index is -1.12. The van der Waals surface area contributed by atoms with Crippen molar-refractivity contribution >= 4 is 11.9 Å². The Hall–Kier alpha value is -1.37. The van der Waals surface area contributed by atoms with Crippen LogP contribution in [-0.4, -0.2) is 21.2 Å². The van der Waals surface area contributed by atoms with Gasteiger partial charge in [0.2, 0.25) is 0 Å². The maximum atomic E-state index is 11.7. The summed E-state index contributed by atoms with van der Waals surface area (Å²) in [6.07, 6.45) is 1.81. The molecule has 0 saturated heterocycles. The molecule has 2 rings (SSSR count). The molecule has 1 aromatic rings. The Kier molecular flexibility index (Phi) is 3.23. The summed E-state index contributed by atoms with van der Waals surface area (Å²) in [5, 5.41) is 8.90. The van der Waals surface area contributed by atoms with Gasteiger partial charge in [0, 0.05) is 0 Å². The van der Waals surface area contributed by atoms with E-state index >= 15 is 0 Å². The second-order valence-electron chi connectivity index (χ2n) is 3.05. The van der Waals surface area contributed by atoms with E-state index in [0.29, 0.717) is 0 Å². The van der Waals surface area contributed by atoms with Gasteiger partial charge in [-0.1, -0.05) is 0 Å². The monoisotopic (exact) mass is 331 g/mol. The van der Waals surface area contributed by atoms with E-state index in [-0.39, 0.29) is 36.4 Å². The number of halogens is 1. The normalized spacial score (nSPS) is 18.1. The van der Waals surface area contributed by atoms with Crippen LogP contribution < -0.4 is 21.2 Å². The maximum absolute atomic E-state index is 11.7. The average molecular weight is 331 g/mol. The fraction of sp³-hybridized carbons (Fsp3) is 0.0909. The van der Waals surface area contributed by atoms with Gasteiger partial charge in [-0.2, -0.15) is 0 Å². The fourth-order valence-corrected chi connectivity index (χ4v) is 2.34. The van der Waals surface area contributed by atoms with Crippen LogP contribution in [0.25, 0.3) is 0 Å². The van der Waals surface area contributed by atoms with Crippen LogP contribution in [0.15, 0.2) is 34.4 Å². The molecule has 4 nitrogen and oxygen atoms in total. The van der Waals surface area contributed by atoms with Gasteiger partial charge in [-0.05, 0) is 0 Å². The van der Waals surface area contributed by atoms with Crippen LogP contribution in [0.5, 0.6) is 0 Å². The first kappa shape index (κ1) is 11.1. The molecule has 1 heterocycles. The summed E-state index contributed by atoms with van der Waals surface area (Å²) in [5.41, 5.74) is 0.0910. The van der Waals surface area contributed by atoms with Crippen LogP contribution in [-0.2, 0) is 4.74 Å². The van der Waals surface area contributed by atoms with E-state index in [2.05, 4.69) is 0 Å². The Morgan fingerprint density at radius 1 is 1.25 bits per heavy atom. The number of rotatable bonds is 3. The second-order valence-corrected chi connectivity index (χ2v) is 5.72. The van der Waals surface area contributed by atoms with Crippen molar-refractivity contribution in [1.82, 2.24) is 0 Å². The topological polar surface area (TPSA) is 63.6 Å². The molecule has 0 amide bonds. The van der Waals surface area contributed by atoms with Gasteiger partial charge >= 0.3 is 102 Å². The van der Waals surface area contributed by atoms with Gasteiger partial charge in [0.25, 0.3) is 0 Å². The fourth-order valence-electron chi connectivity index (χ4n) is 1.21. The second kappa shape index (κ2) is 4.65. The van der Waals surface area contributed by atoms with E-state index in [9.17, 15) is 9.59 Å². The summed E-state index contributed by atoms with van der Waals surface area (Å²) in [6, 6.07) is 6.06. The number of carboxylic acids is 1. The van der Waals surface area contributed by atoms with E-state index in [1.807, 2.05) is 10.2 Å². The number of esters is 1. The molecule has 1 atom stereocenters. The molecule has 0 aromatic heterocycles. The van der Waals surface area contributed by atoms with Crippen LogP contribution in [0.2, 0.25) is 0 Å². The Morgan fingerprint density at radius 2 is 1.88 bits per heavy atom. The predicted molar refractivity (Wildman–Crippen MR) is 51.7 cm³/mol. The molecule has 1 aliphatic heterocycles.